The van der Waals surface area contributed by atoms with Gasteiger partial charge in [-0.05, 0) is 55.5 Å². The van der Waals surface area contributed by atoms with Crippen molar-refractivity contribution in [2.45, 2.75) is 38.6 Å². The molecule has 1 aliphatic heterocycles. The van der Waals surface area contributed by atoms with E-state index in [9.17, 15) is 19.5 Å². The molecule has 1 amide bonds. The fourth-order valence-corrected chi connectivity index (χ4v) is 4.52. The van der Waals surface area contributed by atoms with Crippen molar-refractivity contribution in [3.05, 3.63) is 68.3 Å². The minimum Gasteiger partial charge on any atom is -0.478 e. The van der Waals surface area contributed by atoms with Crippen molar-refractivity contribution in [1.29, 1.82) is 0 Å². The summed E-state index contributed by atoms with van der Waals surface area (Å²) in [6.45, 7) is 0.870. The Bertz CT molecular complexity index is 1220. The molecule has 0 fully saturated rings. The summed E-state index contributed by atoms with van der Waals surface area (Å²) in [5.74, 6) is -1.25. The molecule has 5 rings (SSSR count). The number of carbonyl (C=O) groups is 2. The van der Waals surface area contributed by atoms with Gasteiger partial charge in [0.2, 0.25) is 0 Å². The number of hydrogen-bond acceptors (Lipinski definition) is 3. The van der Waals surface area contributed by atoms with E-state index in [0.717, 1.165) is 59.1 Å². The average Bonchev–Trinajstić information content (AvgIpc) is 3.09. The third-order valence-corrected chi connectivity index (χ3v) is 6.08. The van der Waals surface area contributed by atoms with Gasteiger partial charge in [0.15, 0.2) is 0 Å². The molecule has 7 nitrogen and oxygen atoms in total. The minimum atomic E-state index is -0.980. The normalized spacial score (nSPS) is 15.8. The number of pyridine rings is 1. The number of nitrogens with one attached hydrogen (secondary N) is 2. The lowest BCUT2D eigenvalue weighted by Crippen LogP contribution is -2.38. The lowest BCUT2D eigenvalue weighted by molar-refractivity contribution is 0.0694. The lowest BCUT2D eigenvalue weighted by Gasteiger charge is -2.27. The molecule has 3 aromatic rings. The van der Waals surface area contributed by atoms with Crippen LogP contribution in [0.3, 0.4) is 0 Å². The third-order valence-electron chi connectivity index (χ3n) is 6.08. The van der Waals surface area contributed by atoms with Gasteiger partial charge in [0.05, 0.1) is 5.56 Å². The first-order valence-corrected chi connectivity index (χ1v) is 9.92. The van der Waals surface area contributed by atoms with E-state index in [0.29, 0.717) is 19.5 Å². The van der Waals surface area contributed by atoms with Gasteiger partial charge in [-0.3, -0.25) is 9.59 Å². The van der Waals surface area contributed by atoms with Gasteiger partial charge in [-0.15, -0.1) is 0 Å². The van der Waals surface area contributed by atoms with E-state index in [2.05, 4.69) is 9.97 Å². The summed E-state index contributed by atoms with van der Waals surface area (Å²) in [4.78, 5) is 44.9. The molecule has 0 saturated heterocycles. The summed E-state index contributed by atoms with van der Waals surface area (Å²) in [5, 5.41) is 10.1. The van der Waals surface area contributed by atoms with Crippen LogP contribution in [0.4, 0.5) is 0 Å². The van der Waals surface area contributed by atoms with Crippen molar-refractivity contribution < 1.29 is 14.7 Å². The quantitative estimate of drug-likeness (QED) is 0.624. The Kier molecular flexibility index (Phi) is 4.04. The molecule has 0 spiro atoms. The van der Waals surface area contributed by atoms with Crippen LogP contribution in [0, 0.1) is 0 Å². The molecule has 7 heteroatoms. The number of aryl methyl sites for hydroxylation is 2. The highest BCUT2D eigenvalue weighted by molar-refractivity contribution is 5.97. The van der Waals surface area contributed by atoms with Gasteiger partial charge < -0.3 is 20.0 Å². The number of benzene rings is 1. The number of hydrogen-bond donors (Lipinski definition) is 3. The van der Waals surface area contributed by atoms with Crippen LogP contribution in [0.15, 0.2) is 29.1 Å². The molecule has 148 valence electrons. The highest BCUT2D eigenvalue weighted by atomic mass is 16.4. The summed E-state index contributed by atoms with van der Waals surface area (Å²) >= 11 is 0. The minimum absolute atomic E-state index is 0.195. The van der Waals surface area contributed by atoms with Crippen molar-refractivity contribution in [3.63, 3.8) is 0 Å². The maximum absolute atomic E-state index is 13.2. The van der Waals surface area contributed by atoms with Gasteiger partial charge >= 0.3 is 5.97 Å². The van der Waals surface area contributed by atoms with E-state index in [4.69, 9.17) is 0 Å². The Morgan fingerprint density at radius 3 is 2.66 bits per heavy atom. The number of carboxylic acids is 1. The summed E-state index contributed by atoms with van der Waals surface area (Å²) in [5.41, 5.74) is 4.91. The highest BCUT2D eigenvalue weighted by Gasteiger charge is 2.27. The van der Waals surface area contributed by atoms with Gasteiger partial charge in [0.25, 0.3) is 11.5 Å². The predicted molar refractivity (Wildman–Crippen MR) is 107 cm³/mol. The monoisotopic (exact) mass is 391 g/mol. The number of rotatable bonds is 2. The number of carbonyl (C=O) groups excluding carboxylic acids is 1. The number of aromatic nitrogens is 2. The third kappa shape index (κ3) is 2.93. The van der Waals surface area contributed by atoms with E-state index in [1.54, 1.807) is 29.2 Å². The number of aromatic carboxylic acids is 1. The maximum atomic E-state index is 13.2. The van der Waals surface area contributed by atoms with Gasteiger partial charge in [0, 0.05) is 47.4 Å². The number of nitrogens with zero attached hydrogens (tertiary/aromatic N) is 1. The standard InChI is InChI=1S/C22H21N3O4/c26-20-15(9-12-3-1-2-4-17(12)24-20)21(27)25-8-7-19-16(11-25)14-10-13(22(28)29)5-6-18(14)23-19/h5-6,9-10,23H,1-4,7-8,11H2,(H,24,26)(H,28,29). The zero-order valence-corrected chi connectivity index (χ0v) is 15.9. The summed E-state index contributed by atoms with van der Waals surface area (Å²) in [6, 6.07) is 6.75. The van der Waals surface area contributed by atoms with Gasteiger partial charge in [-0.25, -0.2) is 4.79 Å². The molecule has 0 unspecified atom stereocenters. The fourth-order valence-electron chi connectivity index (χ4n) is 4.52. The topological polar surface area (TPSA) is 106 Å². The second-order valence-electron chi connectivity index (χ2n) is 7.85. The molecule has 0 atom stereocenters. The van der Waals surface area contributed by atoms with Crippen LogP contribution in [0.1, 0.15) is 56.1 Å². The first-order valence-electron chi connectivity index (χ1n) is 9.92. The molecule has 3 heterocycles. The fraction of sp³-hybridized carbons (Fsp3) is 0.318. The maximum Gasteiger partial charge on any atom is 0.335 e. The smallest absolute Gasteiger partial charge is 0.335 e. The summed E-state index contributed by atoms with van der Waals surface area (Å²) in [6.07, 6.45) is 4.51. The number of aromatic amines is 2. The Morgan fingerprint density at radius 2 is 1.83 bits per heavy atom. The number of fused-ring (bicyclic) bond motifs is 4. The van der Waals surface area contributed by atoms with E-state index in [-0.39, 0.29) is 22.6 Å². The average molecular weight is 391 g/mol. The van der Waals surface area contributed by atoms with Crippen molar-refractivity contribution in [2.24, 2.45) is 0 Å². The van der Waals surface area contributed by atoms with Gasteiger partial charge in [-0.2, -0.15) is 0 Å². The Morgan fingerprint density at radius 1 is 1.00 bits per heavy atom. The van der Waals surface area contributed by atoms with Crippen molar-refractivity contribution in [2.75, 3.05) is 6.54 Å². The van der Waals surface area contributed by atoms with Crippen molar-refractivity contribution in [3.8, 4) is 0 Å². The molecule has 2 aliphatic rings. The molecular formula is C22H21N3O4. The Balaban J connectivity index is 1.50. The van der Waals surface area contributed by atoms with Crippen LogP contribution < -0.4 is 5.56 Å². The molecule has 0 bridgehead atoms. The second kappa shape index (κ2) is 6.62. The lowest BCUT2D eigenvalue weighted by atomic mass is 9.94. The molecule has 0 saturated carbocycles. The molecule has 29 heavy (non-hydrogen) atoms. The van der Waals surface area contributed by atoms with Gasteiger partial charge in [0.1, 0.15) is 5.56 Å². The molecule has 1 aromatic carbocycles. The van der Waals surface area contributed by atoms with E-state index in [1.807, 2.05) is 0 Å². The Labute approximate surface area is 166 Å². The SMILES string of the molecule is O=C(O)c1ccc2[nH]c3c(c2c1)CN(C(=O)c1cc2c([nH]c1=O)CCCC2)CC3. The van der Waals surface area contributed by atoms with Crippen molar-refractivity contribution in [1.82, 2.24) is 14.9 Å². The first kappa shape index (κ1) is 17.7. The largest absolute Gasteiger partial charge is 0.478 e. The van der Waals surface area contributed by atoms with E-state index in [1.165, 1.54) is 0 Å². The van der Waals surface area contributed by atoms with Crippen LogP contribution in [0.2, 0.25) is 0 Å². The number of H-pyrrole nitrogens is 2. The molecule has 3 N–H and O–H groups in total. The summed E-state index contributed by atoms with van der Waals surface area (Å²) in [7, 11) is 0. The number of carboxylic acid groups (broad SMARTS) is 1. The van der Waals surface area contributed by atoms with Gasteiger partial charge in [-0.1, -0.05) is 0 Å². The molecule has 0 radical (unpaired) electrons. The highest BCUT2D eigenvalue weighted by Crippen LogP contribution is 2.29. The second-order valence-corrected chi connectivity index (χ2v) is 7.85. The van der Waals surface area contributed by atoms with E-state index < -0.39 is 5.97 Å². The number of amides is 1. The van der Waals surface area contributed by atoms with Crippen LogP contribution in [0.25, 0.3) is 10.9 Å². The van der Waals surface area contributed by atoms with Crippen LogP contribution in [-0.4, -0.2) is 38.4 Å². The summed E-state index contributed by atoms with van der Waals surface area (Å²) < 4.78 is 0. The zero-order chi connectivity index (χ0) is 20.1. The molecule has 2 aromatic heterocycles. The van der Waals surface area contributed by atoms with E-state index >= 15 is 0 Å². The first-order chi connectivity index (χ1) is 14.0. The van der Waals surface area contributed by atoms with Crippen molar-refractivity contribution >= 4 is 22.8 Å². The molecule has 1 aliphatic carbocycles. The van der Waals surface area contributed by atoms with Crippen LogP contribution >= 0.6 is 0 Å². The van der Waals surface area contributed by atoms with Crippen LogP contribution in [0.5, 0.6) is 0 Å². The predicted octanol–water partition coefficient (Wildman–Crippen LogP) is 2.63. The molecular weight excluding hydrogens is 370 g/mol. The Hall–Kier alpha value is -3.35. The van der Waals surface area contributed by atoms with Crippen LogP contribution in [-0.2, 0) is 25.8 Å². The zero-order valence-electron chi connectivity index (χ0n) is 15.9.